The SMILES string of the molecule is NC(=O)c1cccc(NS(=O)(=O)c2cccc3cnccc23)c1. The molecule has 0 fully saturated rings. The standard InChI is InChI=1S/C16H13N3O3S/c17-16(20)11-3-1-5-13(9-11)19-23(21,22)15-6-2-4-12-10-18-8-7-14(12)15/h1-10,19H,(H2,17,20). The van der Waals surface area contributed by atoms with Gasteiger partial charge in [0.2, 0.25) is 5.91 Å². The lowest BCUT2D eigenvalue weighted by Gasteiger charge is -2.11. The van der Waals surface area contributed by atoms with E-state index in [4.69, 9.17) is 5.73 Å². The molecule has 7 heteroatoms. The molecule has 0 aliphatic heterocycles. The van der Waals surface area contributed by atoms with Crippen LogP contribution in [-0.2, 0) is 10.0 Å². The van der Waals surface area contributed by atoms with Crippen LogP contribution in [0.2, 0.25) is 0 Å². The lowest BCUT2D eigenvalue weighted by molar-refractivity contribution is 0.100. The van der Waals surface area contributed by atoms with Gasteiger partial charge in [-0.05, 0) is 30.3 Å². The number of nitrogens with two attached hydrogens (primary N) is 1. The molecule has 0 unspecified atom stereocenters. The second-order valence-electron chi connectivity index (χ2n) is 4.90. The zero-order valence-electron chi connectivity index (χ0n) is 11.9. The van der Waals surface area contributed by atoms with E-state index in [2.05, 4.69) is 9.71 Å². The van der Waals surface area contributed by atoms with Crippen LogP contribution in [0.5, 0.6) is 0 Å². The van der Waals surface area contributed by atoms with Crippen molar-refractivity contribution in [2.75, 3.05) is 4.72 Å². The second-order valence-corrected chi connectivity index (χ2v) is 6.55. The van der Waals surface area contributed by atoms with Crippen LogP contribution < -0.4 is 10.5 Å². The summed E-state index contributed by atoms with van der Waals surface area (Å²) in [6, 6.07) is 12.6. The van der Waals surface area contributed by atoms with Crippen molar-refractivity contribution in [2.24, 2.45) is 5.73 Å². The quantitative estimate of drug-likeness (QED) is 0.766. The first-order valence-corrected chi connectivity index (χ1v) is 8.21. The third-order valence-electron chi connectivity index (χ3n) is 3.33. The molecule has 6 nitrogen and oxygen atoms in total. The zero-order valence-corrected chi connectivity index (χ0v) is 12.7. The number of primary amides is 1. The molecule has 1 amide bonds. The predicted molar refractivity (Wildman–Crippen MR) is 87.5 cm³/mol. The highest BCUT2D eigenvalue weighted by atomic mass is 32.2. The normalized spacial score (nSPS) is 11.3. The highest BCUT2D eigenvalue weighted by molar-refractivity contribution is 7.93. The molecule has 0 aliphatic rings. The number of carbonyl (C=O) groups is 1. The maximum absolute atomic E-state index is 12.6. The van der Waals surface area contributed by atoms with Crippen LogP contribution in [0.3, 0.4) is 0 Å². The number of anilines is 1. The van der Waals surface area contributed by atoms with Crippen molar-refractivity contribution in [2.45, 2.75) is 4.90 Å². The summed E-state index contributed by atoms with van der Waals surface area (Å²) in [7, 11) is -3.81. The van der Waals surface area contributed by atoms with Crippen LogP contribution in [0.4, 0.5) is 5.69 Å². The van der Waals surface area contributed by atoms with Crippen LogP contribution in [0.25, 0.3) is 10.8 Å². The number of hydrogen-bond acceptors (Lipinski definition) is 4. The molecule has 0 saturated carbocycles. The largest absolute Gasteiger partial charge is 0.366 e. The summed E-state index contributed by atoms with van der Waals surface area (Å²) in [6.45, 7) is 0. The fraction of sp³-hybridized carbons (Fsp3) is 0. The van der Waals surface area contributed by atoms with E-state index in [9.17, 15) is 13.2 Å². The Morgan fingerprint density at radius 1 is 1.09 bits per heavy atom. The number of sulfonamides is 1. The summed E-state index contributed by atoms with van der Waals surface area (Å²) in [6.07, 6.45) is 3.14. The minimum absolute atomic E-state index is 0.141. The van der Waals surface area contributed by atoms with E-state index in [0.29, 0.717) is 5.39 Å². The molecule has 116 valence electrons. The van der Waals surface area contributed by atoms with Crippen LogP contribution in [-0.4, -0.2) is 19.3 Å². The first-order chi connectivity index (χ1) is 11.0. The maximum atomic E-state index is 12.6. The van der Waals surface area contributed by atoms with Crippen molar-refractivity contribution in [1.82, 2.24) is 4.98 Å². The molecule has 1 aromatic heterocycles. The molecule has 0 radical (unpaired) electrons. The molecule has 0 aliphatic carbocycles. The predicted octanol–water partition coefficient (Wildman–Crippen LogP) is 2.13. The van der Waals surface area contributed by atoms with Gasteiger partial charge < -0.3 is 5.73 Å². The average Bonchev–Trinajstić information content (AvgIpc) is 2.54. The lowest BCUT2D eigenvalue weighted by Crippen LogP contribution is -2.15. The molecule has 23 heavy (non-hydrogen) atoms. The van der Waals surface area contributed by atoms with E-state index in [-0.39, 0.29) is 16.1 Å². The number of aromatic nitrogens is 1. The van der Waals surface area contributed by atoms with E-state index < -0.39 is 15.9 Å². The Morgan fingerprint density at radius 3 is 2.65 bits per heavy atom. The Balaban J connectivity index is 2.05. The molecule has 3 aromatic rings. The number of amides is 1. The Labute approximate surface area is 133 Å². The molecular weight excluding hydrogens is 314 g/mol. The summed E-state index contributed by atoms with van der Waals surface area (Å²) in [5.41, 5.74) is 5.71. The molecule has 3 rings (SSSR count). The summed E-state index contributed by atoms with van der Waals surface area (Å²) in [5.74, 6) is -0.623. The van der Waals surface area contributed by atoms with Crippen molar-refractivity contribution in [3.63, 3.8) is 0 Å². The smallest absolute Gasteiger partial charge is 0.262 e. The number of benzene rings is 2. The third kappa shape index (κ3) is 3.00. The number of carbonyl (C=O) groups excluding carboxylic acids is 1. The van der Waals surface area contributed by atoms with Gasteiger partial charge in [0.15, 0.2) is 0 Å². The number of nitrogens with zero attached hydrogens (tertiary/aromatic N) is 1. The molecule has 0 spiro atoms. The van der Waals surface area contributed by atoms with Crippen LogP contribution in [0.15, 0.2) is 65.8 Å². The lowest BCUT2D eigenvalue weighted by atomic mass is 10.2. The average molecular weight is 327 g/mol. The topological polar surface area (TPSA) is 102 Å². The van der Waals surface area contributed by atoms with Crippen LogP contribution >= 0.6 is 0 Å². The first-order valence-electron chi connectivity index (χ1n) is 6.73. The molecule has 2 aromatic carbocycles. The summed E-state index contributed by atoms with van der Waals surface area (Å²) in [4.78, 5) is 15.3. The summed E-state index contributed by atoms with van der Waals surface area (Å²) >= 11 is 0. The van der Waals surface area contributed by atoms with Gasteiger partial charge >= 0.3 is 0 Å². The summed E-state index contributed by atoms with van der Waals surface area (Å²) < 4.78 is 27.8. The third-order valence-corrected chi connectivity index (χ3v) is 4.77. The van der Waals surface area contributed by atoms with Crippen molar-refractivity contribution < 1.29 is 13.2 Å². The fourth-order valence-electron chi connectivity index (χ4n) is 2.27. The summed E-state index contributed by atoms with van der Waals surface area (Å²) in [5, 5.41) is 1.29. The number of pyridine rings is 1. The Hall–Kier alpha value is -2.93. The van der Waals surface area contributed by atoms with Gasteiger partial charge in [0.1, 0.15) is 0 Å². The van der Waals surface area contributed by atoms with Crippen molar-refractivity contribution in [3.8, 4) is 0 Å². The van der Waals surface area contributed by atoms with Gasteiger partial charge in [-0.15, -0.1) is 0 Å². The fourth-order valence-corrected chi connectivity index (χ4v) is 3.55. The van der Waals surface area contributed by atoms with E-state index in [1.807, 2.05) is 0 Å². The first kappa shape index (κ1) is 15.0. The molecule has 3 N–H and O–H groups in total. The van der Waals surface area contributed by atoms with Crippen molar-refractivity contribution >= 4 is 32.4 Å². The Bertz CT molecular complexity index is 995. The second kappa shape index (κ2) is 5.69. The Morgan fingerprint density at radius 2 is 1.87 bits per heavy atom. The zero-order chi connectivity index (χ0) is 16.4. The van der Waals surface area contributed by atoms with Crippen molar-refractivity contribution in [1.29, 1.82) is 0 Å². The van der Waals surface area contributed by atoms with Gasteiger partial charge in [-0.3, -0.25) is 14.5 Å². The van der Waals surface area contributed by atoms with Crippen LogP contribution in [0.1, 0.15) is 10.4 Å². The van der Waals surface area contributed by atoms with E-state index in [0.717, 1.165) is 5.39 Å². The molecule has 1 heterocycles. The van der Waals surface area contributed by atoms with E-state index in [1.54, 1.807) is 36.5 Å². The maximum Gasteiger partial charge on any atom is 0.262 e. The number of nitrogens with one attached hydrogen (secondary N) is 1. The molecule has 0 bridgehead atoms. The van der Waals surface area contributed by atoms with Gasteiger partial charge in [0.25, 0.3) is 10.0 Å². The van der Waals surface area contributed by atoms with Gasteiger partial charge in [0, 0.05) is 34.4 Å². The van der Waals surface area contributed by atoms with E-state index in [1.165, 1.54) is 24.4 Å². The highest BCUT2D eigenvalue weighted by Crippen LogP contribution is 2.24. The Kier molecular flexibility index (Phi) is 3.71. The minimum atomic E-state index is -3.81. The molecule has 0 atom stereocenters. The van der Waals surface area contributed by atoms with Crippen LogP contribution in [0, 0.1) is 0 Å². The van der Waals surface area contributed by atoms with Gasteiger partial charge in [-0.25, -0.2) is 8.42 Å². The van der Waals surface area contributed by atoms with E-state index >= 15 is 0 Å². The highest BCUT2D eigenvalue weighted by Gasteiger charge is 2.17. The van der Waals surface area contributed by atoms with Crippen molar-refractivity contribution in [3.05, 3.63) is 66.5 Å². The number of hydrogen-bond donors (Lipinski definition) is 2. The monoisotopic (exact) mass is 327 g/mol. The van der Waals surface area contributed by atoms with Gasteiger partial charge in [0.05, 0.1) is 4.90 Å². The van der Waals surface area contributed by atoms with Gasteiger partial charge in [-0.2, -0.15) is 0 Å². The van der Waals surface area contributed by atoms with Gasteiger partial charge in [-0.1, -0.05) is 18.2 Å². The molecular formula is C16H13N3O3S. The number of fused-ring (bicyclic) bond motifs is 1. The number of rotatable bonds is 4. The molecule has 0 saturated heterocycles. The minimum Gasteiger partial charge on any atom is -0.366 e.